The summed E-state index contributed by atoms with van der Waals surface area (Å²) in [7, 11) is 0. The van der Waals surface area contributed by atoms with Gasteiger partial charge >= 0.3 is 12.2 Å². The monoisotopic (exact) mass is 334 g/mol. The predicted molar refractivity (Wildman–Crippen MR) is 75.8 cm³/mol. The second-order valence-electron chi connectivity index (χ2n) is 6.01. The van der Waals surface area contributed by atoms with Crippen LogP contribution in [0.2, 0.25) is 0 Å². The Morgan fingerprint density at radius 1 is 1.48 bits per heavy atom. The second kappa shape index (κ2) is 7.18. The van der Waals surface area contributed by atoms with Crippen molar-refractivity contribution in [2.75, 3.05) is 19.6 Å². The van der Waals surface area contributed by atoms with E-state index in [1.54, 1.807) is 0 Å². The number of carbonyl (C=O) groups is 1. The number of hydrogen-bond donors (Lipinski definition) is 1. The number of carbonyl (C=O) groups excluding carboxylic acids is 1. The summed E-state index contributed by atoms with van der Waals surface area (Å²) >= 11 is 0. The zero-order chi connectivity index (χ0) is 17.0. The van der Waals surface area contributed by atoms with Crippen molar-refractivity contribution in [3.05, 3.63) is 11.7 Å². The number of nitrogens with one attached hydrogen (secondary N) is 1. The van der Waals surface area contributed by atoms with Crippen LogP contribution in [0.15, 0.2) is 4.52 Å². The number of rotatable bonds is 4. The van der Waals surface area contributed by atoms with E-state index in [2.05, 4.69) is 15.5 Å². The molecule has 1 aromatic rings. The molecule has 1 atom stereocenters. The Kier molecular flexibility index (Phi) is 5.48. The third-order valence-electron chi connectivity index (χ3n) is 3.79. The Morgan fingerprint density at radius 3 is 2.83 bits per heavy atom. The smallest absolute Gasteiger partial charge is 0.339 e. The van der Waals surface area contributed by atoms with E-state index in [4.69, 9.17) is 4.52 Å². The van der Waals surface area contributed by atoms with Gasteiger partial charge < -0.3 is 14.7 Å². The Bertz CT molecular complexity index is 530. The van der Waals surface area contributed by atoms with Crippen molar-refractivity contribution in [1.29, 1.82) is 0 Å². The summed E-state index contributed by atoms with van der Waals surface area (Å²) in [5.41, 5.74) is 0. The van der Waals surface area contributed by atoms with Crippen molar-refractivity contribution in [2.45, 2.75) is 45.2 Å². The molecule has 9 heteroatoms. The molecule has 130 valence electrons. The molecule has 2 heterocycles. The Hall–Kier alpha value is -1.80. The van der Waals surface area contributed by atoms with E-state index >= 15 is 0 Å². The predicted octanol–water partition coefficient (Wildman–Crippen LogP) is 2.72. The van der Waals surface area contributed by atoms with Crippen LogP contribution >= 0.6 is 0 Å². The average Bonchev–Trinajstić information content (AvgIpc) is 2.95. The first-order valence-corrected chi connectivity index (χ1v) is 7.69. The number of likely N-dealkylation sites (tertiary alicyclic amines) is 1. The summed E-state index contributed by atoms with van der Waals surface area (Å²) in [5, 5.41) is 6.41. The lowest BCUT2D eigenvalue weighted by Crippen LogP contribution is -2.48. The van der Waals surface area contributed by atoms with Gasteiger partial charge in [-0.1, -0.05) is 19.0 Å². The molecule has 0 spiro atoms. The van der Waals surface area contributed by atoms with Gasteiger partial charge in [-0.05, 0) is 12.8 Å². The van der Waals surface area contributed by atoms with Crippen LogP contribution in [0.3, 0.4) is 0 Å². The van der Waals surface area contributed by atoms with Crippen LogP contribution in [0, 0.1) is 5.92 Å². The fraction of sp³-hybridized carbons (Fsp3) is 0.786. The zero-order valence-corrected chi connectivity index (χ0v) is 13.2. The number of hydrogen-bond acceptors (Lipinski definition) is 4. The van der Waals surface area contributed by atoms with Gasteiger partial charge in [0.2, 0.25) is 5.89 Å². The quantitative estimate of drug-likeness (QED) is 0.919. The van der Waals surface area contributed by atoms with E-state index in [1.165, 1.54) is 4.90 Å². The summed E-state index contributed by atoms with van der Waals surface area (Å²) in [4.78, 5) is 17.3. The molecule has 0 aliphatic carbocycles. The summed E-state index contributed by atoms with van der Waals surface area (Å²) in [5.74, 6) is -0.294. The van der Waals surface area contributed by atoms with E-state index in [0.29, 0.717) is 31.1 Å². The highest BCUT2D eigenvalue weighted by Gasteiger charge is 2.42. The molecule has 1 N–H and O–H groups in total. The molecule has 1 fully saturated rings. The molecular formula is C14H21F3N4O2. The lowest BCUT2D eigenvalue weighted by molar-refractivity contribution is -0.183. The molecule has 0 aromatic carbocycles. The molecule has 0 unspecified atom stereocenters. The van der Waals surface area contributed by atoms with Crippen molar-refractivity contribution in [2.24, 2.45) is 5.92 Å². The second-order valence-corrected chi connectivity index (χ2v) is 6.01. The van der Waals surface area contributed by atoms with Gasteiger partial charge in [-0.2, -0.15) is 18.2 Å². The van der Waals surface area contributed by atoms with Crippen LogP contribution in [0.4, 0.5) is 18.0 Å². The highest BCUT2D eigenvalue weighted by atomic mass is 19.4. The maximum atomic E-state index is 12.7. The maximum Gasteiger partial charge on any atom is 0.393 e. The molecule has 1 saturated heterocycles. The van der Waals surface area contributed by atoms with Crippen molar-refractivity contribution in [3.8, 4) is 0 Å². The molecule has 1 aliphatic heterocycles. The summed E-state index contributed by atoms with van der Waals surface area (Å²) in [6.07, 6.45) is -3.47. The van der Waals surface area contributed by atoms with Gasteiger partial charge in [-0.15, -0.1) is 0 Å². The number of aromatic nitrogens is 2. The van der Waals surface area contributed by atoms with Crippen LogP contribution in [0.25, 0.3) is 0 Å². The van der Waals surface area contributed by atoms with Gasteiger partial charge in [0.15, 0.2) is 5.82 Å². The highest BCUT2D eigenvalue weighted by Crippen LogP contribution is 2.33. The first kappa shape index (κ1) is 17.6. The number of urea groups is 1. The molecular weight excluding hydrogens is 313 g/mol. The minimum atomic E-state index is -4.25. The first-order chi connectivity index (χ1) is 10.8. The summed E-state index contributed by atoms with van der Waals surface area (Å²) in [6, 6.07) is -0.484. The van der Waals surface area contributed by atoms with E-state index in [1.807, 2.05) is 13.8 Å². The van der Waals surface area contributed by atoms with Crippen LogP contribution < -0.4 is 5.32 Å². The van der Waals surface area contributed by atoms with Crippen LogP contribution in [-0.4, -0.2) is 46.9 Å². The number of amides is 2. The van der Waals surface area contributed by atoms with Gasteiger partial charge in [0, 0.05) is 32.0 Å². The minimum absolute atomic E-state index is 0.0766. The fourth-order valence-corrected chi connectivity index (χ4v) is 2.42. The maximum absolute atomic E-state index is 12.7. The molecule has 2 rings (SSSR count). The topological polar surface area (TPSA) is 71.3 Å². The van der Waals surface area contributed by atoms with Gasteiger partial charge in [0.1, 0.15) is 0 Å². The Morgan fingerprint density at radius 2 is 2.22 bits per heavy atom. The highest BCUT2D eigenvalue weighted by molar-refractivity contribution is 5.74. The molecule has 1 aromatic heterocycles. The van der Waals surface area contributed by atoms with Crippen molar-refractivity contribution in [3.63, 3.8) is 0 Å². The molecule has 23 heavy (non-hydrogen) atoms. The fourth-order valence-electron chi connectivity index (χ4n) is 2.42. The van der Waals surface area contributed by atoms with Gasteiger partial charge in [0.05, 0.1) is 5.92 Å². The zero-order valence-electron chi connectivity index (χ0n) is 13.2. The number of halogens is 3. The minimum Gasteiger partial charge on any atom is -0.339 e. The summed E-state index contributed by atoms with van der Waals surface area (Å²) < 4.78 is 43.2. The van der Waals surface area contributed by atoms with Crippen molar-refractivity contribution >= 4 is 6.03 Å². The van der Waals surface area contributed by atoms with E-state index in [-0.39, 0.29) is 25.4 Å². The van der Waals surface area contributed by atoms with Crippen molar-refractivity contribution < 1.29 is 22.5 Å². The van der Waals surface area contributed by atoms with Gasteiger partial charge in [-0.25, -0.2) is 4.79 Å². The molecule has 0 bridgehead atoms. The number of alkyl halides is 3. The third-order valence-corrected chi connectivity index (χ3v) is 3.79. The number of nitrogens with zero attached hydrogens (tertiary/aromatic N) is 3. The molecule has 1 aliphatic rings. The molecule has 0 saturated carbocycles. The van der Waals surface area contributed by atoms with Crippen LogP contribution in [0.5, 0.6) is 0 Å². The lowest BCUT2D eigenvalue weighted by Gasteiger charge is -2.33. The third kappa shape index (κ3) is 4.84. The van der Waals surface area contributed by atoms with Crippen LogP contribution in [-0.2, 0) is 6.42 Å². The van der Waals surface area contributed by atoms with Crippen LogP contribution in [0.1, 0.15) is 44.3 Å². The lowest BCUT2D eigenvalue weighted by atomic mass is 9.98. The largest absolute Gasteiger partial charge is 0.393 e. The first-order valence-electron chi connectivity index (χ1n) is 7.69. The van der Waals surface area contributed by atoms with Crippen molar-refractivity contribution in [1.82, 2.24) is 20.4 Å². The van der Waals surface area contributed by atoms with E-state index in [0.717, 1.165) is 0 Å². The van der Waals surface area contributed by atoms with E-state index in [9.17, 15) is 18.0 Å². The molecule has 0 radical (unpaired) electrons. The normalized spacial score (nSPS) is 19.2. The standard InChI is InChI=1S/C14H21F3N4O2/c1-9(2)12-19-11(23-20-12)5-6-18-13(22)21-7-3-4-10(8-21)14(15,16)17/h9-10H,3-8H2,1-2H3,(H,18,22)/t10-/m1/s1. The number of piperidine rings is 1. The molecule has 2 amide bonds. The SMILES string of the molecule is CC(C)c1noc(CCNC(=O)N2CCC[C@@H](C(F)(F)F)C2)n1. The Balaban J connectivity index is 1.78. The van der Waals surface area contributed by atoms with E-state index < -0.39 is 18.1 Å². The molecule has 6 nitrogen and oxygen atoms in total. The average molecular weight is 334 g/mol. The van der Waals surface area contributed by atoms with Gasteiger partial charge in [0.25, 0.3) is 0 Å². The summed E-state index contributed by atoms with van der Waals surface area (Å²) in [6.45, 7) is 4.17. The van der Waals surface area contributed by atoms with Gasteiger partial charge in [-0.3, -0.25) is 0 Å². The Labute approximate surface area is 132 Å².